The van der Waals surface area contributed by atoms with Crippen LogP contribution in [0.15, 0.2) is 0 Å². The summed E-state index contributed by atoms with van der Waals surface area (Å²) in [5.74, 6) is 0. The third-order valence-corrected chi connectivity index (χ3v) is 3.34. The summed E-state index contributed by atoms with van der Waals surface area (Å²) in [6.45, 7) is 1.97. The van der Waals surface area contributed by atoms with Crippen LogP contribution in [0.3, 0.4) is 0 Å². The van der Waals surface area contributed by atoms with Crippen LogP contribution >= 0.6 is 0 Å². The molecule has 0 aromatic heterocycles. The Morgan fingerprint density at radius 3 is 1.70 bits per heavy atom. The molecule has 0 amide bonds. The predicted molar refractivity (Wildman–Crippen MR) is 40.8 cm³/mol. The number of hydrogen-bond donors (Lipinski definition) is 1. The fourth-order valence-electron chi connectivity index (χ4n) is 2.00. The van der Waals surface area contributed by atoms with Crippen molar-refractivity contribution < 1.29 is 5.11 Å². The zero-order valence-corrected chi connectivity index (χ0v) is 6.69. The molecule has 2 aliphatic carbocycles. The number of hydrogen-bond acceptors (Lipinski definition) is 1. The lowest BCUT2D eigenvalue weighted by Gasteiger charge is -2.33. The zero-order valence-electron chi connectivity index (χ0n) is 6.69. The molecular formula is C9H16O. The molecule has 58 valence electrons. The molecular weight excluding hydrogens is 124 g/mol. The van der Waals surface area contributed by atoms with E-state index < -0.39 is 0 Å². The van der Waals surface area contributed by atoms with Gasteiger partial charge in [-0.15, -0.1) is 0 Å². The Hall–Kier alpha value is -0.0400. The summed E-state index contributed by atoms with van der Waals surface area (Å²) in [6.07, 6.45) is 7.49. The van der Waals surface area contributed by atoms with Gasteiger partial charge in [0.25, 0.3) is 0 Å². The average Bonchev–Trinajstić information content (AvgIpc) is 2.60. The van der Waals surface area contributed by atoms with Gasteiger partial charge in [-0.1, -0.05) is 0 Å². The molecule has 0 aromatic rings. The molecule has 1 spiro atoms. The minimum absolute atomic E-state index is 0.326. The fourth-order valence-corrected chi connectivity index (χ4v) is 2.00. The molecule has 0 aliphatic heterocycles. The van der Waals surface area contributed by atoms with Gasteiger partial charge < -0.3 is 5.11 Å². The molecule has 0 unspecified atom stereocenters. The van der Waals surface area contributed by atoms with E-state index in [0.717, 1.165) is 18.3 Å². The number of rotatable bonds is 0. The predicted octanol–water partition coefficient (Wildman–Crippen LogP) is 2.09. The van der Waals surface area contributed by atoms with Gasteiger partial charge in [0.05, 0.1) is 5.60 Å². The second kappa shape index (κ2) is 1.76. The minimum Gasteiger partial charge on any atom is -0.390 e. The maximum atomic E-state index is 9.63. The number of aliphatic hydroxyl groups is 1. The van der Waals surface area contributed by atoms with Crippen molar-refractivity contribution in [1.82, 2.24) is 0 Å². The van der Waals surface area contributed by atoms with E-state index in [4.69, 9.17) is 0 Å². The second-order valence-electron chi connectivity index (χ2n) is 4.50. The van der Waals surface area contributed by atoms with Crippen molar-refractivity contribution in [3.8, 4) is 0 Å². The summed E-state index contributed by atoms with van der Waals surface area (Å²) < 4.78 is 0. The molecule has 1 N–H and O–H groups in total. The van der Waals surface area contributed by atoms with Crippen LogP contribution in [0.4, 0.5) is 0 Å². The first kappa shape index (κ1) is 6.66. The standard InChI is InChI=1S/C9H16O/c1-8(10)2-4-9(5-3-8)6-7-9/h10H,2-7H2,1H3. The van der Waals surface area contributed by atoms with E-state index in [1.807, 2.05) is 6.92 Å². The molecule has 10 heavy (non-hydrogen) atoms. The van der Waals surface area contributed by atoms with Crippen LogP contribution in [0, 0.1) is 5.41 Å². The highest BCUT2D eigenvalue weighted by Crippen LogP contribution is 2.57. The quantitative estimate of drug-likeness (QED) is 0.546. The third-order valence-electron chi connectivity index (χ3n) is 3.34. The highest BCUT2D eigenvalue weighted by Gasteiger charge is 2.47. The topological polar surface area (TPSA) is 20.2 Å². The van der Waals surface area contributed by atoms with Crippen molar-refractivity contribution in [3.05, 3.63) is 0 Å². The van der Waals surface area contributed by atoms with Crippen molar-refractivity contribution in [2.24, 2.45) is 5.41 Å². The summed E-state index contributed by atoms with van der Waals surface area (Å²) in [5, 5.41) is 9.63. The highest BCUT2D eigenvalue weighted by atomic mass is 16.3. The van der Waals surface area contributed by atoms with Gasteiger partial charge in [-0.25, -0.2) is 0 Å². The first-order valence-corrected chi connectivity index (χ1v) is 4.34. The van der Waals surface area contributed by atoms with E-state index in [2.05, 4.69) is 0 Å². The molecule has 1 heteroatoms. The van der Waals surface area contributed by atoms with Crippen molar-refractivity contribution in [1.29, 1.82) is 0 Å². The Kier molecular flexibility index (Phi) is 1.17. The Balaban J connectivity index is 1.95. The van der Waals surface area contributed by atoms with E-state index in [-0.39, 0.29) is 5.60 Å². The minimum atomic E-state index is -0.326. The van der Waals surface area contributed by atoms with Gasteiger partial charge in [0.1, 0.15) is 0 Å². The van der Waals surface area contributed by atoms with Gasteiger partial charge in [-0.2, -0.15) is 0 Å². The molecule has 0 saturated heterocycles. The van der Waals surface area contributed by atoms with E-state index in [1.54, 1.807) is 0 Å². The highest BCUT2D eigenvalue weighted by molar-refractivity contribution is 4.99. The Morgan fingerprint density at radius 1 is 0.900 bits per heavy atom. The van der Waals surface area contributed by atoms with Crippen molar-refractivity contribution in [2.45, 2.75) is 51.0 Å². The molecule has 0 radical (unpaired) electrons. The van der Waals surface area contributed by atoms with Gasteiger partial charge in [-0.3, -0.25) is 0 Å². The normalized spacial score (nSPS) is 34.2. The monoisotopic (exact) mass is 140 g/mol. The van der Waals surface area contributed by atoms with Crippen molar-refractivity contribution >= 4 is 0 Å². The molecule has 2 rings (SSSR count). The third kappa shape index (κ3) is 1.07. The Labute approximate surface area is 62.4 Å². The van der Waals surface area contributed by atoms with Crippen LogP contribution in [0.1, 0.15) is 45.4 Å². The van der Waals surface area contributed by atoms with E-state index >= 15 is 0 Å². The van der Waals surface area contributed by atoms with E-state index in [0.29, 0.717) is 0 Å². The van der Waals surface area contributed by atoms with Gasteiger partial charge in [0.15, 0.2) is 0 Å². The largest absolute Gasteiger partial charge is 0.390 e. The van der Waals surface area contributed by atoms with Crippen LogP contribution in [0.25, 0.3) is 0 Å². The smallest absolute Gasteiger partial charge is 0.0620 e. The Bertz CT molecular complexity index is 127. The maximum absolute atomic E-state index is 9.63. The summed E-state index contributed by atoms with van der Waals surface area (Å²) >= 11 is 0. The molecule has 0 aromatic carbocycles. The average molecular weight is 140 g/mol. The van der Waals surface area contributed by atoms with Gasteiger partial charge in [0.2, 0.25) is 0 Å². The summed E-state index contributed by atoms with van der Waals surface area (Å²) in [6, 6.07) is 0. The van der Waals surface area contributed by atoms with Crippen LogP contribution in [-0.2, 0) is 0 Å². The lowest BCUT2D eigenvalue weighted by atomic mass is 9.78. The lowest BCUT2D eigenvalue weighted by molar-refractivity contribution is 0.00348. The summed E-state index contributed by atoms with van der Waals surface area (Å²) in [5.41, 5.74) is 0.399. The zero-order chi connectivity index (χ0) is 7.24. The van der Waals surface area contributed by atoms with Crippen molar-refractivity contribution in [2.75, 3.05) is 0 Å². The fraction of sp³-hybridized carbons (Fsp3) is 1.00. The van der Waals surface area contributed by atoms with Crippen LogP contribution in [-0.4, -0.2) is 10.7 Å². The first-order chi connectivity index (χ1) is 4.62. The summed E-state index contributed by atoms with van der Waals surface area (Å²) in [4.78, 5) is 0. The maximum Gasteiger partial charge on any atom is 0.0620 e. The Morgan fingerprint density at radius 2 is 1.30 bits per heavy atom. The summed E-state index contributed by atoms with van der Waals surface area (Å²) in [7, 11) is 0. The second-order valence-corrected chi connectivity index (χ2v) is 4.50. The SMILES string of the molecule is CC1(O)CCC2(CC1)CC2. The van der Waals surface area contributed by atoms with Gasteiger partial charge >= 0.3 is 0 Å². The molecule has 2 saturated carbocycles. The van der Waals surface area contributed by atoms with Crippen LogP contribution in [0.5, 0.6) is 0 Å². The van der Waals surface area contributed by atoms with E-state index in [1.165, 1.54) is 25.7 Å². The molecule has 0 atom stereocenters. The first-order valence-electron chi connectivity index (χ1n) is 4.34. The van der Waals surface area contributed by atoms with Crippen LogP contribution < -0.4 is 0 Å². The molecule has 0 heterocycles. The van der Waals surface area contributed by atoms with Gasteiger partial charge in [0, 0.05) is 0 Å². The molecule has 2 fully saturated rings. The van der Waals surface area contributed by atoms with Gasteiger partial charge in [-0.05, 0) is 50.9 Å². The van der Waals surface area contributed by atoms with Crippen LogP contribution in [0.2, 0.25) is 0 Å². The molecule has 1 nitrogen and oxygen atoms in total. The van der Waals surface area contributed by atoms with Crippen molar-refractivity contribution in [3.63, 3.8) is 0 Å². The molecule has 0 bridgehead atoms. The van der Waals surface area contributed by atoms with E-state index in [9.17, 15) is 5.11 Å². The molecule has 2 aliphatic rings. The lowest BCUT2D eigenvalue weighted by Crippen LogP contribution is -2.30.